The van der Waals surface area contributed by atoms with Gasteiger partial charge in [-0.1, -0.05) is 48.0 Å². The first kappa shape index (κ1) is 22.0. The van der Waals surface area contributed by atoms with Crippen molar-refractivity contribution < 1.29 is 4.79 Å². The van der Waals surface area contributed by atoms with E-state index in [2.05, 4.69) is 21.8 Å². The molecule has 1 aliphatic rings. The van der Waals surface area contributed by atoms with Gasteiger partial charge in [0.15, 0.2) is 5.16 Å². The van der Waals surface area contributed by atoms with Gasteiger partial charge in [0.1, 0.15) is 11.0 Å². The highest BCUT2D eigenvalue weighted by Crippen LogP contribution is 2.23. The number of piperazine rings is 1. The number of aromatic nitrogens is 2. The molecule has 9 heteroatoms. The van der Waals surface area contributed by atoms with Gasteiger partial charge >= 0.3 is 0 Å². The molecule has 0 unspecified atom stereocenters. The van der Waals surface area contributed by atoms with E-state index in [1.165, 1.54) is 11.8 Å². The highest BCUT2D eigenvalue weighted by Gasteiger charge is 2.22. The zero-order chi connectivity index (χ0) is 20.8. The van der Waals surface area contributed by atoms with E-state index in [1.807, 2.05) is 41.1 Å². The molecule has 1 amide bonds. The van der Waals surface area contributed by atoms with Crippen molar-refractivity contribution in [3.63, 3.8) is 0 Å². The second-order valence-corrected chi connectivity index (χ2v) is 8.66. The summed E-state index contributed by atoms with van der Waals surface area (Å²) in [7, 11) is 1.97. The normalized spacial score (nSPS) is 14.2. The van der Waals surface area contributed by atoms with E-state index in [0.717, 1.165) is 42.6 Å². The molecule has 0 saturated carbocycles. The van der Waals surface area contributed by atoms with Crippen LogP contribution in [-0.2, 0) is 4.79 Å². The van der Waals surface area contributed by atoms with Crippen molar-refractivity contribution in [1.29, 1.82) is 0 Å². The van der Waals surface area contributed by atoms with E-state index in [0.29, 0.717) is 29.2 Å². The fourth-order valence-corrected chi connectivity index (χ4v) is 4.37. The van der Waals surface area contributed by atoms with E-state index in [-0.39, 0.29) is 5.91 Å². The van der Waals surface area contributed by atoms with Gasteiger partial charge in [0.25, 0.3) is 0 Å². The van der Waals surface area contributed by atoms with E-state index >= 15 is 0 Å². The number of halogens is 2. The van der Waals surface area contributed by atoms with Crippen molar-refractivity contribution >= 4 is 52.4 Å². The Morgan fingerprint density at radius 1 is 1.17 bits per heavy atom. The summed E-state index contributed by atoms with van der Waals surface area (Å²) in [5.41, 5.74) is 1.09. The van der Waals surface area contributed by atoms with Crippen molar-refractivity contribution in [2.45, 2.75) is 18.5 Å². The maximum atomic E-state index is 12.6. The molecule has 0 radical (unpaired) electrons. The number of thioether (sulfide) groups is 1. The molecule has 1 saturated heterocycles. The van der Waals surface area contributed by atoms with Crippen LogP contribution in [0.25, 0.3) is 0 Å². The minimum absolute atomic E-state index is 0.0905. The van der Waals surface area contributed by atoms with Crippen molar-refractivity contribution in [3.05, 3.63) is 40.5 Å². The largest absolute Gasteiger partial charge is 0.368 e. The summed E-state index contributed by atoms with van der Waals surface area (Å²) < 4.78 is 0. The maximum Gasteiger partial charge on any atom is 0.233 e. The first-order chi connectivity index (χ1) is 14.0. The fraction of sp³-hybridized carbons (Fsp3) is 0.450. The van der Waals surface area contributed by atoms with Gasteiger partial charge in [-0.25, -0.2) is 9.97 Å². The lowest BCUT2D eigenvalue weighted by molar-refractivity contribution is -0.128. The summed E-state index contributed by atoms with van der Waals surface area (Å²) in [6.45, 7) is 5.94. The van der Waals surface area contributed by atoms with Crippen LogP contribution in [0.5, 0.6) is 0 Å². The molecule has 0 N–H and O–H groups in total. The van der Waals surface area contributed by atoms with Gasteiger partial charge in [0.05, 0.1) is 5.75 Å². The van der Waals surface area contributed by atoms with E-state index in [9.17, 15) is 4.79 Å². The van der Waals surface area contributed by atoms with Crippen molar-refractivity contribution in [2.24, 2.45) is 0 Å². The van der Waals surface area contributed by atoms with Crippen LogP contribution in [0, 0.1) is 0 Å². The average molecular weight is 454 g/mol. The summed E-state index contributed by atoms with van der Waals surface area (Å²) >= 11 is 13.6. The Morgan fingerprint density at radius 2 is 1.93 bits per heavy atom. The summed E-state index contributed by atoms with van der Waals surface area (Å²) in [5.74, 6) is 1.17. The van der Waals surface area contributed by atoms with Crippen molar-refractivity contribution in [1.82, 2.24) is 14.9 Å². The number of amides is 1. The molecule has 0 spiro atoms. The lowest BCUT2D eigenvalue weighted by atomic mass is 10.2. The van der Waals surface area contributed by atoms with E-state index in [4.69, 9.17) is 23.2 Å². The zero-order valence-corrected chi connectivity index (χ0v) is 19.0. The maximum absolute atomic E-state index is 12.6. The molecule has 1 fully saturated rings. The summed E-state index contributed by atoms with van der Waals surface area (Å²) in [6, 6.07) is 9.56. The molecule has 0 atom stereocenters. The minimum atomic E-state index is 0.0905. The molecule has 3 rings (SSSR count). The third kappa shape index (κ3) is 6.14. The Bertz CT molecular complexity index is 845. The number of anilines is 2. The summed E-state index contributed by atoms with van der Waals surface area (Å²) in [5, 5.41) is 1.65. The van der Waals surface area contributed by atoms with Gasteiger partial charge < -0.3 is 14.7 Å². The molecule has 156 valence electrons. The number of hydrogen-bond acceptors (Lipinski definition) is 6. The minimum Gasteiger partial charge on any atom is -0.368 e. The highest BCUT2D eigenvalue weighted by atomic mass is 35.5. The highest BCUT2D eigenvalue weighted by molar-refractivity contribution is 7.99. The number of carbonyl (C=O) groups is 1. The SMILES string of the molecule is CCCN(C)c1cc(Cl)nc(SCC(=O)N2CCN(c3cccc(Cl)c3)CC2)n1. The van der Waals surface area contributed by atoms with Gasteiger partial charge in [-0.3, -0.25) is 4.79 Å². The monoisotopic (exact) mass is 453 g/mol. The van der Waals surface area contributed by atoms with Crippen LogP contribution in [0.15, 0.2) is 35.5 Å². The Labute approximate surface area is 186 Å². The number of benzene rings is 1. The number of rotatable bonds is 7. The number of nitrogens with zero attached hydrogens (tertiary/aromatic N) is 5. The molecule has 29 heavy (non-hydrogen) atoms. The van der Waals surface area contributed by atoms with Gasteiger partial charge in [-0.15, -0.1) is 0 Å². The van der Waals surface area contributed by atoms with Gasteiger partial charge in [-0.2, -0.15) is 0 Å². The van der Waals surface area contributed by atoms with Gasteiger partial charge in [-0.05, 0) is 24.6 Å². The van der Waals surface area contributed by atoms with Gasteiger partial charge in [0, 0.05) is 56.5 Å². The Balaban J connectivity index is 1.53. The first-order valence-corrected chi connectivity index (χ1v) is 11.4. The molecule has 0 bridgehead atoms. The molecule has 2 heterocycles. The van der Waals surface area contributed by atoms with E-state index < -0.39 is 0 Å². The van der Waals surface area contributed by atoms with Crippen LogP contribution >= 0.6 is 35.0 Å². The van der Waals surface area contributed by atoms with Crippen LogP contribution < -0.4 is 9.80 Å². The third-order valence-corrected chi connectivity index (χ3v) is 6.00. The van der Waals surface area contributed by atoms with Crippen molar-refractivity contribution in [3.8, 4) is 0 Å². The van der Waals surface area contributed by atoms with Crippen LogP contribution in [0.1, 0.15) is 13.3 Å². The molecule has 0 aliphatic carbocycles. The average Bonchev–Trinajstić information content (AvgIpc) is 2.72. The molecular formula is C20H25Cl2N5OS. The fourth-order valence-electron chi connectivity index (χ4n) is 3.20. The molecular weight excluding hydrogens is 429 g/mol. The lowest BCUT2D eigenvalue weighted by Crippen LogP contribution is -2.49. The van der Waals surface area contributed by atoms with Crippen LogP contribution in [0.4, 0.5) is 11.5 Å². The quantitative estimate of drug-likeness (QED) is 0.357. The molecule has 6 nitrogen and oxygen atoms in total. The summed E-state index contributed by atoms with van der Waals surface area (Å²) in [6.07, 6.45) is 1.01. The second kappa shape index (κ2) is 10.4. The molecule has 1 aromatic carbocycles. The van der Waals surface area contributed by atoms with E-state index in [1.54, 1.807) is 6.07 Å². The topological polar surface area (TPSA) is 52.6 Å². The Morgan fingerprint density at radius 3 is 2.62 bits per heavy atom. The number of carbonyl (C=O) groups excluding carboxylic acids is 1. The van der Waals surface area contributed by atoms with Crippen LogP contribution in [0.3, 0.4) is 0 Å². The Kier molecular flexibility index (Phi) is 7.86. The molecule has 1 aromatic heterocycles. The standard InChI is InChI=1S/C20H25Cl2N5OS/c1-3-7-25(2)18-13-17(22)23-20(24-18)29-14-19(28)27-10-8-26(9-11-27)16-6-4-5-15(21)12-16/h4-6,12-13H,3,7-11,14H2,1-2H3. The third-order valence-electron chi connectivity index (χ3n) is 4.74. The summed E-state index contributed by atoms with van der Waals surface area (Å²) in [4.78, 5) is 27.6. The van der Waals surface area contributed by atoms with Crippen molar-refractivity contribution in [2.75, 3.05) is 55.3 Å². The first-order valence-electron chi connectivity index (χ1n) is 9.63. The predicted octanol–water partition coefficient (Wildman–Crippen LogP) is 4.07. The molecule has 2 aromatic rings. The van der Waals surface area contributed by atoms with Crippen LogP contribution in [-0.4, -0.2) is 66.3 Å². The molecule has 1 aliphatic heterocycles. The van der Waals surface area contributed by atoms with Crippen LogP contribution in [0.2, 0.25) is 10.2 Å². The second-order valence-electron chi connectivity index (χ2n) is 6.89. The number of hydrogen-bond donors (Lipinski definition) is 0. The predicted molar refractivity (Wildman–Crippen MR) is 122 cm³/mol. The smallest absolute Gasteiger partial charge is 0.233 e. The zero-order valence-electron chi connectivity index (χ0n) is 16.6. The van der Waals surface area contributed by atoms with Gasteiger partial charge in [0.2, 0.25) is 5.91 Å². The Hall–Kier alpha value is -1.70. The lowest BCUT2D eigenvalue weighted by Gasteiger charge is -2.36.